The van der Waals surface area contributed by atoms with Crippen molar-refractivity contribution in [3.63, 3.8) is 0 Å². The molecule has 0 aliphatic heterocycles. The summed E-state index contributed by atoms with van der Waals surface area (Å²) in [7, 11) is 1.24. The highest BCUT2D eigenvalue weighted by molar-refractivity contribution is 7.71. The van der Waals surface area contributed by atoms with Gasteiger partial charge in [0.15, 0.2) is 0 Å². The van der Waals surface area contributed by atoms with Crippen LogP contribution < -0.4 is 0 Å². The molecule has 0 fully saturated rings. The second-order valence-electron chi connectivity index (χ2n) is 1.91. The van der Waals surface area contributed by atoms with Gasteiger partial charge in [-0.2, -0.15) is 0 Å². The Morgan fingerprint density at radius 2 is 2.58 bits per heavy atom. The molecule has 1 heterocycles. The van der Waals surface area contributed by atoms with Crippen LogP contribution in [0.3, 0.4) is 0 Å². The maximum atomic E-state index is 10.5. The molecule has 0 saturated heterocycles. The Balaban J connectivity index is 2.94. The Kier molecular flexibility index (Phi) is 2.56. The highest BCUT2D eigenvalue weighted by Crippen LogP contribution is 2.13. The Hall–Kier alpha value is -1.21. The number of hydrogen-bond donors (Lipinski definition) is 2. The molecule has 0 amide bonds. The number of hydrogen-bond acceptors (Lipinski definition) is 5. The number of aromatic nitrogens is 2. The molecule has 1 unspecified atom stereocenters. The molecule has 66 valence electrons. The Bertz CT molecular complexity index is 330. The number of nitrogens with one attached hydrogen (secondary N) is 1. The summed E-state index contributed by atoms with van der Waals surface area (Å²) in [5, 5.41) is 14.4. The summed E-state index contributed by atoms with van der Waals surface area (Å²) in [5.41, 5.74) is 0. The van der Waals surface area contributed by atoms with Crippen molar-refractivity contribution in [1.29, 1.82) is 0 Å². The molecule has 12 heavy (non-hydrogen) atoms. The zero-order valence-corrected chi connectivity index (χ0v) is 6.92. The van der Waals surface area contributed by atoms with Gasteiger partial charge in [0.1, 0.15) is 0 Å². The van der Waals surface area contributed by atoms with E-state index in [0.717, 1.165) is 0 Å². The first-order valence-electron chi connectivity index (χ1n) is 2.96. The van der Waals surface area contributed by atoms with Crippen molar-refractivity contribution in [2.24, 2.45) is 0 Å². The van der Waals surface area contributed by atoms with E-state index in [1.165, 1.54) is 7.11 Å². The van der Waals surface area contributed by atoms with E-state index in [2.05, 4.69) is 27.2 Å². The molecule has 7 heteroatoms. The fourth-order valence-electron chi connectivity index (χ4n) is 0.661. The molecule has 2 N–H and O–H groups in total. The summed E-state index contributed by atoms with van der Waals surface area (Å²) in [5.74, 6) is -1.27. The lowest BCUT2D eigenvalue weighted by atomic mass is 10.4. The lowest BCUT2D eigenvalue weighted by Crippen LogP contribution is -2.13. The minimum Gasteiger partial charge on any atom is -0.479 e. The predicted molar refractivity (Wildman–Crippen MR) is 39.1 cm³/mol. The minimum atomic E-state index is -1.21. The van der Waals surface area contributed by atoms with Gasteiger partial charge in [0.2, 0.25) is 6.10 Å². The summed E-state index contributed by atoms with van der Waals surface area (Å²) >= 11 is 4.55. The molecule has 6 nitrogen and oxygen atoms in total. The van der Waals surface area contributed by atoms with Crippen LogP contribution in [0.25, 0.3) is 0 Å². The van der Waals surface area contributed by atoms with Gasteiger partial charge in [-0.1, -0.05) is 0 Å². The van der Waals surface area contributed by atoms with Gasteiger partial charge in [0.05, 0.1) is 0 Å². The van der Waals surface area contributed by atoms with Crippen LogP contribution in [0.4, 0.5) is 0 Å². The molecule has 1 aromatic rings. The predicted octanol–water partition coefficient (Wildman–Crippen LogP) is 0.504. The average Bonchev–Trinajstić information content (AvgIpc) is 2.37. The van der Waals surface area contributed by atoms with E-state index in [4.69, 9.17) is 9.52 Å². The molecule has 0 radical (unpaired) electrons. The highest BCUT2D eigenvalue weighted by Gasteiger charge is 2.24. The molecule has 1 atom stereocenters. The largest absolute Gasteiger partial charge is 0.479 e. The van der Waals surface area contributed by atoms with E-state index in [1.54, 1.807) is 0 Å². The van der Waals surface area contributed by atoms with Crippen molar-refractivity contribution in [3.8, 4) is 0 Å². The van der Waals surface area contributed by atoms with Crippen LogP contribution in [0, 0.1) is 4.84 Å². The van der Waals surface area contributed by atoms with E-state index >= 15 is 0 Å². The topological polar surface area (TPSA) is 88.4 Å². The van der Waals surface area contributed by atoms with Crippen molar-refractivity contribution in [1.82, 2.24) is 10.2 Å². The molecule has 0 bridgehead atoms. The number of H-pyrrole nitrogens is 1. The van der Waals surface area contributed by atoms with Crippen molar-refractivity contribution in [3.05, 3.63) is 10.7 Å². The number of aliphatic carboxylic acids is 1. The first-order chi connectivity index (χ1) is 5.65. The first-order valence-corrected chi connectivity index (χ1v) is 3.37. The fraction of sp³-hybridized carbons (Fsp3) is 0.400. The number of carboxylic acid groups (broad SMARTS) is 1. The number of carbonyl (C=O) groups is 1. The van der Waals surface area contributed by atoms with Crippen LogP contribution >= 0.6 is 12.2 Å². The van der Waals surface area contributed by atoms with Gasteiger partial charge in [0, 0.05) is 7.11 Å². The summed E-state index contributed by atoms with van der Waals surface area (Å²) in [6, 6.07) is 0. The average molecular weight is 190 g/mol. The lowest BCUT2D eigenvalue weighted by Gasteiger charge is -2.03. The number of ether oxygens (including phenoxy) is 1. The van der Waals surface area contributed by atoms with E-state index in [1.807, 2.05) is 0 Å². The molecular formula is C5H6N2O4S. The Morgan fingerprint density at radius 1 is 1.92 bits per heavy atom. The third-order valence-corrected chi connectivity index (χ3v) is 1.31. The van der Waals surface area contributed by atoms with Gasteiger partial charge >= 0.3 is 5.97 Å². The number of rotatable bonds is 3. The van der Waals surface area contributed by atoms with Crippen LogP contribution in [0.15, 0.2) is 4.42 Å². The quantitative estimate of drug-likeness (QED) is 0.675. The number of carboxylic acids is 1. The second kappa shape index (κ2) is 3.46. The third kappa shape index (κ3) is 1.69. The second-order valence-corrected chi connectivity index (χ2v) is 2.28. The molecule has 0 aliphatic carbocycles. The van der Waals surface area contributed by atoms with Gasteiger partial charge in [-0.15, -0.1) is 5.10 Å². The van der Waals surface area contributed by atoms with Crippen LogP contribution in [0.1, 0.15) is 12.0 Å². The maximum absolute atomic E-state index is 10.5. The van der Waals surface area contributed by atoms with Crippen molar-refractivity contribution in [2.75, 3.05) is 7.11 Å². The van der Waals surface area contributed by atoms with Crippen LogP contribution in [-0.4, -0.2) is 28.4 Å². The summed E-state index contributed by atoms with van der Waals surface area (Å²) in [4.78, 5) is 10.5. The first kappa shape index (κ1) is 8.88. The minimum absolute atomic E-state index is 0.0216. The van der Waals surface area contributed by atoms with Crippen LogP contribution in [0.2, 0.25) is 0 Å². The molecule has 0 spiro atoms. The summed E-state index contributed by atoms with van der Waals surface area (Å²) in [6.45, 7) is 0. The lowest BCUT2D eigenvalue weighted by molar-refractivity contribution is -0.150. The van der Waals surface area contributed by atoms with Crippen molar-refractivity contribution in [2.45, 2.75) is 6.10 Å². The molecule has 1 rings (SSSR count). The van der Waals surface area contributed by atoms with E-state index < -0.39 is 12.1 Å². The van der Waals surface area contributed by atoms with Crippen molar-refractivity contribution < 1.29 is 19.1 Å². The SMILES string of the molecule is COC(C(=O)O)c1n[nH]c(=S)o1. The van der Waals surface area contributed by atoms with E-state index in [0.29, 0.717) is 0 Å². The Morgan fingerprint density at radius 3 is 2.92 bits per heavy atom. The van der Waals surface area contributed by atoms with E-state index in [-0.39, 0.29) is 10.7 Å². The van der Waals surface area contributed by atoms with Gasteiger partial charge in [-0.3, -0.25) is 0 Å². The molecule has 0 aromatic carbocycles. The summed E-state index contributed by atoms with van der Waals surface area (Å²) < 4.78 is 9.33. The monoisotopic (exact) mass is 190 g/mol. The van der Waals surface area contributed by atoms with Crippen LogP contribution in [0.5, 0.6) is 0 Å². The smallest absolute Gasteiger partial charge is 0.342 e. The number of aromatic amines is 1. The van der Waals surface area contributed by atoms with Crippen molar-refractivity contribution >= 4 is 18.2 Å². The normalized spacial score (nSPS) is 12.8. The zero-order valence-electron chi connectivity index (χ0n) is 6.10. The van der Waals surface area contributed by atoms with Gasteiger partial charge in [-0.25, -0.2) is 9.89 Å². The number of methoxy groups -OCH3 is 1. The molecular weight excluding hydrogens is 184 g/mol. The highest BCUT2D eigenvalue weighted by atomic mass is 32.1. The molecule has 1 aromatic heterocycles. The van der Waals surface area contributed by atoms with Gasteiger partial charge in [0.25, 0.3) is 10.7 Å². The molecule has 0 saturated carbocycles. The maximum Gasteiger partial charge on any atom is 0.342 e. The molecule has 0 aliphatic rings. The van der Waals surface area contributed by atoms with Gasteiger partial charge < -0.3 is 14.3 Å². The fourth-order valence-corrected chi connectivity index (χ4v) is 0.792. The number of nitrogens with zero attached hydrogens (tertiary/aromatic N) is 1. The zero-order chi connectivity index (χ0) is 9.14. The Labute approximate surface area is 72.2 Å². The van der Waals surface area contributed by atoms with E-state index in [9.17, 15) is 4.79 Å². The third-order valence-electron chi connectivity index (χ3n) is 1.14. The standard InChI is InChI=1S/C5H6N2O4S/c1-10-2(4(8)9)3-6-7-5(12)11-3/h2H,1H3,(H,7,12)(H,8,9). The van der Waals surface area contributed by atoms with Gasteiger partial charge in [-0.05, 0) is 12.2 Å². The van der Waals surface area contributed by atoms with Crippen LogP contribution in [-0.2, 0) is 9.53 Å². The summed E-state index contributed by atoms with van der Waals surface area (Å²) in [6.07, 6.45) is -1.21.